The van der Waals surface area contributed by atoms with Crippen molar-refractivity contribution in [3.05, 3.63) is 34.4 Å². The Morgan fingerprint density at radius 3 is 2.27 bits per heavy atom. The Morgan fingerprint density at radius 1 is 1.07 bits per heavy atom. The maximum Gasteiger partial charge on any atom is 0.0213 e. The SMILES string of the molecule is Cc1cc(C)c(CNC2(C)CC2)cc1C. The first-order valence-corrected chi connectivity index (χ1v) is 5.82. The van der Waals surface area contributed by atoms with Crippen molar-refractivity contribution in [2.45, 2.75) is 52.6 Å². The molecule has 0 heterocycles. The van der Waals surface area contributed by atoms with Crippen molar-refractivity contribution >= 4 is 0 Å². The molecule has 1 fully saturated rings. The largest absolute Gasteiger partial charge is 0.307 e. The molecule has 1 heteroatoms. The lowest BCUT2D eigenvalue weighted by atomic mass is 10.0. The number of benzene rings is 1. The molecule has 2 rings (SSSR count). The third kappa shape index (κ3) is 2.40. The highest BCUT2D eigenvalue weighted by Gasteiger charge is 2.36. The summed E-state index contributed by atoms with van der Waals surface area (Å²) in [4.78, 5) is 0. The lowest BCUT2D eigenvalue weighted by molar-refractivity contribution is 0.536. The van der Waals surface area contributed by atoms with Crippen LogP contribution in [0.3, 0.4) is 0 Å². The molecule has 82 valence electrons. The van der Waals surface area contributed by atoms with Gasteiger partial charge < -0.3 is 5.32 Å². The average molecular weight is 203 g/mol. The quantitative estimate of drug-likeness (QED) is 0.795. The first-order valence-electron chi connectivity index (χ1n) is 5.82. The van der Waals surface area contributed by atoms with Crippen molar-refractivity contribution in [2.75, 3.05) is 0 Å². The van der Waals surface area contributed by atoms with Gasteiger partial charge in [-0.05, 0) is 62.8 Å². The highest BCUT2D eigenvalue weighted by molar-refractivity contribution is 5.36. The molecule has 1 saturated carbocycles. The summed E-state index contributed by atoms with van der Waals surface area (Å²) in [6.45, 7) is 9.91. The van der Waals surface area contributed by atoms with E-state index in [2.05, 4.69) is 45.1 Å². The molecule has 1 nitrogen and oxygen atoms in total. The van der Waals surface area contributed by atoms with Gasteiger partial charge in [0.05, 0.1) is 0 Å². The fourth-order valence-corrected chi connectivity index (χ4v) is 1.88. The Bertz CT molecular complexity index is 375. The topological polar surface area (TPSA) is 12.0 Å². The molecule has 0 atom stereocenters. The maximum atomic E-state index is 3.64. The Morgan fingerprint density at radius 2 is 1.67 bits per heavy atom. The van der Waals surface area contributed by atoms with Crippen LogP contribution >= 0.6 is 0 Å². The van der Waals surface area contributed by atoms with E-state index >= 15 is 0 Å². The van der Waals surface area contributed by atoms with Crippen molar-refractivity contribution in [1.82, 2.24) is 5.32 Å². The summed E-state index contributed by atoms with van der Waals surface area (Å²) < 4.78 is 0. The van der Waals surface area contributed by atoms with Crippen LogP contribution in [0.15, 0.2) is 12.1 Å². The molecule has 15 heavy (non-hydrogen) atoms. The van der Waals surface area contributed by atoms with Gasteiger partial charge in [0.1, 0.15) is 0 Å². The van der Waals surface area contributed by atoms with Gasteiger partial charge in [-0.25, -0.2) is 0 Å². The third-order valence-electron chi connectivity index (χ3n) is 3.66. The van der Waals surface area contributed by atoms with Crippen molar-refractivity contribution in [2.24, 2.45) is 0 Å². The molecule has 0 saturated heterocycles. The summed E-state index contributed by atoms with van der Waals surface area (Å²) in [6, 6.07) is 4.62. The average Bonchev–Trinajstić information content (AvgIpc) is 2.89. The Balaban J connectivity index is 2.10. The molecule has 0 aliphatic heterocycles. The first kappa shape index (κ1) is 10.7. The molecular formula is C14H21N. The van der Waals surface area contributed by atoms with Crippen LogP contribution in [0, 0.1) is 20.8 Å². The third-order valence-corrected chi connectivity index (χ3v) is 3.66. The monoisotopic (exact) mass is 203 g/mol. The lowest BCUT2D eigenvalue weighted by Crippen LogP contribution is -2.27. The zero-order valence-corrected chi connectivity index (χ0v) is 10.3. The van der Waals surface area contributed by atoms with Crippen LogP contribution in [0.1, 0.15) is 42.0 Å². The van der Waals surface area contributed by atoms with E-state index in [0.717, 1.165) is 6.54 Å². The van der Waals surface area contributed by atoms with Gasteiger partial charge >= 0.3 is 0 Å². The maximum absolute atomic E-state index is 3.64. The molecule has 0 amide bonds. The van der Waals surface area contributed by atoms with Crippen LogP contribution in [0.25, 0.3) is 0 Å². The highest BCUT2D eigenvalue weighted by Crippen LogP contribution is 2.34. The van der Waals surface area contributed by atoms with Gasteiger partial charge in [0.15, 0.2) is 0 Å². The van der Waals surface area contributed by atoms with Crippen LogP contribution < -0.4 is 5.32 Å². The molecule has 1 aromatic carbocycles. The fourth-order valence-electron chi connectivity index (χ4n) is 1.88. The predicted octanol–water partition coefficient (Wildman–Crippen LogP) is 3.25. The van der Waals surface area contributed by atoms with E-state index in [9.17, 15) is 0 Å². The van der Waals surface area contributed by atoms with Crippen molar-refractivity contribution in [3.8, 4) is 0 Å². The van der Waals surface area contributed by atoms with Gasteiger partial charge in [-0.1, -0.05) is 12.1 Å². The first-order chi connectivity index (χ1) is 7.00. The zero-order valence-electron chi connectivity index (χ0n) is 10.3. The van der Waals surface area contributed by atoms with Crippen LogP contribution in [0.2, 0.25) is 0 Å². The van der Waals surface area contributed by atoms with E-state index in [4.69, 9.17) is 0 Å². The molecule has 0 bridgehead atoms. The van der Waals surface area contributed by atoms with E-state index in [1.165, 1.54) is 35.1 Å². The number of hydrogen-bond acceptors (Lipinski definition) is 1. The van der Waals surface area contributed by atoms with Crippen molar-refractivity contribution < 1.29 is 0 Å². The standard InChI is InChI=1S/C14H21N/c1-10-7-12(3)13(8-11(10)2)9-15-14(4)5-6-14/h7-8,15H,5-6,9H2,1-4H3. The smallest absolute Gasteiger partial charge is 0.0213 e. The van der Waals surface area contributed by atoms with Crippen molar-refractivity contribution in [1.29, 1.82) is 0 Å². The van der Waals surface area contributed by atoms with Gasteiger partial charge in [0, 0.05) is 12.1 Å². The minimum atomic E-state index is 0.436. The Labute approximate surface area is 92.9 Å². The predicted molar refractivity (Wildman–Crippen MR) is 65.1 cm³/mol. The Hall–Kier alpha value is -0.820. The van der Waals surface area contributed by atoms with Crippen LogP contribution in [-0.4, -0.2) is 5.54 Å². The Kier molecular flexibility index (Phi) is 2.59. The number of aryl methyl sites for hydroxylation is 3. The minimum absolute atomic E-state index is 0.436. The molecule has 1 N–H and O–H groups in total. The van der Waals surface area contributed by atoms with Gasteiger partial charge in [-0.15, -0.1) is 0 Å². The second-order valence-corrected chi connectivity index (χ2v) is 5.28. The normalized spacial score (nSPS) is 17.9. The van der Waals surface area contributed by atoms with E-state index in [1.807, 2.05) is 0 Å². The molecule has 1 aliphatic rings. The number of nitrogens with one attached hydrogen (secondary N) is 1. The zero-order chi connectivity index (χ0) is 11.1. The van der Waals surface area contributed by atoms with E-state index in [-0.39, 0.29) is 0 Å². The molecule has 1 aromatic rings. The second kappa shape index (κ2) is 3.64. The molecular weight excluding hydrogens is 182 g/mol. The van der Waals surface area contributed by atoms with E-state index in [0.29, 0.717) is 5.54 Å². The van der Waals surface area contributed by atoms with Gasteiger partial charge in [-0.2, -0.15) is 0 Å². The molecule has 0 spiro atoms. The lowest BCUT2D eigenvalue weighted by Gasteiger charge is -2.14. The van der Waals surface area contributed by atoms with Crippen LogP contribution in [0.5, 0.6) is 0 Å². The highest BCUT2D eigenvalue weighted by atomic mass is 15.0. The molecule has 0 unspecified atom stereocenters. The summed E-state index contributed by atoms with van der Waals surface area (Å²) in [5, 5.41) is 3.64. The van der Waals surface area contributed by atoms with Gasteiger partial charge in [0.25, 0.3) is 0 Å². The summed E-state index contributed by atoms with van der Waals surface area (Å²) >= 11 is 0. The molecule has 0 radical (unpaired) electrons. The minimum Gasteiger partial charge on any atom is -0.307 e. The fraction of sp³-hybridized carbons (Fsp3) is 0.571. The van der Waals surface area contributed by atoms with Crippen molar-refractivity contribution in [3.63, 3.8) is 0 Å². The molecule has 0 aromatic heterocycles. The summed E-state index contributed by atoms with van der Waals surface area (Å²) in [7, 11) is 0. The summed E-state index contributed by atoms with van der Waals surface area (Å²) in [6.07, 6.45) is 2.66. The van der Waals surface area contributed by atoms with Gasteiger partial charge in [0.2, 0.25) is 0 Å². The summed E-state index contributed by atoms with van der Waals surface area (Å²) in [5.41, 5.74) is 6.10. The van der Waals surface area contributed by atoms with Gasteiger partial charge in [-0.3, -0.25) is 0 Å². The summed E-state index contributed by atoms with van der Waals surface area (Å²) in [5.74, 6) is 0. The number of rotatable bonds is 3. The second-order valence-electron chi connectivity index (χ2n) is 5.28. The van der Waals surface area contributed by atoms with Crippen LogP contribution in [-0.2, 0) is 6.54 Å². The number of hydrogen-bond donors (Lipinski definition) is 1. The van der Waals surface area contributed by atoms with E-state index in [1.54, 1.807) is 0 Å². The van der Waals surface area contributed by atoms with Crippen LogP contribution in [0.4, 0.5) is 0 Å². The molecule has 1 aliphatic carbocycles. The van der Waals surface area contributed by atoms with E-state index < -0.39 is 0 Å².